The predicted octanol–water partition coefficient (Wildman–Crippen LogP) is 4.12. The predicted molar refractivity (Wildman–Crippen MR) is 106 cm³/mol. The van der Waals surface area contributed by atoms with Crippen molar-refractivity contribution in [3.8, 4) is 0 Å². The third kappa shape index (κ3) is 3.36. The first kappa shape index (κ1) is 17.8. The third-order valence-electron chi connectivity index (χ3n) is 4.54. The SMILES string of the molecule is O=C1N(Cc2ccccc2)c2cscc2S(=O)(=O)N1CCc1ccccc1. The summed E-state index contributed by atoms with van der Waals surface area (Å²) in [7, 11) is -3.83. The minimum atomic E-state index is -3.83. The highest BCUT2D eigenvalue weighted by atomic mass is 32.2. The number of fused-ring (bicyclic) bond motifs is 1. The fourth-order valence-corrected chi connectivity index (χ4v) is 5.87. The van der Waals surface area contributed by atoms with Gasteiger partial charge < -0.3 is 0 Å². The molecular formula is C20H18N2O3S2. The molecule has 0 unspecified atom stereocenters. The van der Waals surface area contributed by atoms with Crippen LogP contribution in [0.5, 0.6) is 0 Å². The highest BCUT2D eigenvalue weighted by molar-refractivity contribution is 7.90. The number of hydrogen-bond donors (Lipinski definition) is 0. The molecule has 0 bridgehead atoms. The van der Waals surface area contributed by atoms with Crippen molar-refractivity contribution >= 4 is 33.1 Å². The van der Waals surface area contributed by atoms with Gasteiger partial charge in [0.25, 0.3) is 10.0 Å². The fourth-order valence-electron chi connectivity index (χ4n) is 3.14. The molecular weight excluding hydrogens is 380 g/mol. The smallest absolute Gasteiger partial charge is 0.287 e. The first-order valence-corrected chi connectivity index (χ1v) is 10.9. The number of carbonyl (C=O) groups is 1. The maximum Gasteiger partial charge on any atom is 0.338 e. The van der Waals surface area contributed by atoms with Crippen LogP contribution in [0.3, 0.4) is 0 Å². The standard InChI is InChI=1S/C20H18N2O3S2/c23-20-21(13-17-9-5-2-6-10-17)18-14-26-15-19(18)27(24,25)22(20)12-11-16-7-3-1-4-8-16/h1-10,14-15H,11-13H2. The molecule has 3 aromatic rings. The van der Waals surface area contributed by atoms with Crippen molar-refractivity contribution in [1.82, 2.24) is 4.31 Å². The van der Waals surface area contributed by atoms with E-state index in [0.29, 0.717) is 18.7 Å². The second-order valence-corrected chi connectivity index (χ2v) is 8.86. The van der Waals surface area contributed by atoms with Crippen molar-refractivity contribution in [3.05, 3.63) is 82.6 Å². The van der Waals surface area contributed by atoms with E-state index in [1.807, 2.05) is 60.7 Å². The highest BCUT2D eigenvalue weighted by Gasteiger charge is 2.41. The van der Waals surface area contributed by atoms with Gasteiger partial charge in [-0.3, -0.25) is 4.90 Å². The summed E-state index contributed by atoms with van der Waals surface area (Å²) in [6.45, 7) is 0.451. The number of rotatable bonds is 5. The van der Waals surface area contributed by atoms with E-state index in [9.17, 15) is 13.2 Å². The van der Waals surface area contributed by atoms with E-state index in [0.717, 1.165) is 15.4 Å². The van der Waals surface area contributed by atoms with Crippen LogP contribution in [0.1, 0.15) is 11.1 Å². The van der Waals surface area contributed by atoms with Crippen LogP contribution >= 0.6 is 11.3 Å². The van der Waals surface area contributed by atoms with Gasteiger partial charge in [0.2, 0.25) is 0 Å². The normalized spacial score (nSPS) is 15.6. The van der Waals surface area contributed by atoms with Crippen LogP contribution in [0.15, 0.2) is 76.3 Å². The van der Waals surface area contributed by atoms with Crippen LogP contribution in [0.2, 0.25) is 0 Å². The molecule has 7 heteroatoms. The van der Waals surface area contributed by atoms with Crippen LogP contribution in [0, 0.1) is 0 Å². The Bertz CT molecular complexity index is 1050. The molecule has 27 heavy (non-hydrogen) atoms. The van der Waals surface area contributed by atoms with E-state index in [1.165, 1.54) is 11.3 Å². The lowest BCUT2D eigenvalue weighted by molar-refractivity contribution is 0.227. The van der Waals surface area contributed by atoms with E-state index in [2.05, 4.69) is 0 Å². The van der Waals surface area contributed by atoms with Crippen molar-refractivity contribution in [2.24, 2.45) is 0 Å². The molecule has 1 aliphatic heterocycles. The molecule has 2 amide bonds. The Balaban J connectivity index is 1.66. The van der Waals surface area contributed by atoms with Gasteiger partial charge in [-0.2, -0.15) is 0 Å². The maximum absolute atomic E-state index is 13.1. The lowest BCUT2D eigenvalue weighted by Crippen LogP contribution is -2.50. The van der Waals surface area contributed by atoms with Gasteiger partial charge in [-0.1, -0.05) is 60.7 Å². The Morgan fingerprint density at radius 2 is 1.48 bits per heavy atom. The molecule has 0 spiro atoms. The lowest BCUT2D eigenvalue weighted by atomic mass is 10.1. The van der Waals surface area contributed by atoms with Gasteiger partial charge in [0.1, 0.15) is 4.90 Å². The summed E-state index contributed by atoms with van der Waals surface area (Å²) in [4.78, 5) is 14.9. The molecule has 0 saturated carbocycles. The summed E-state index contributed by atoms with van der Waals surface area (Å²) in [6.07, 6.45) is 0.477. The van der Waals surface area contributed by atoms with Crippen LogP contribution in [-0.4, -0.2) is 25.3 Å². The number of carbonyl (C=O) groups excluding carboxylic acids is 1. The number of sulfonamides is 1. The number of nitrogens with zero attached hydrogens (tertiary/aromatic N) is 2. The summed E-state index contributed by atoms with van der Waals surface area (Å²) < 4.78 is 27.0. The average Bonchev–Trinajstić information content (AvgIpc) is 3.18. The van der Waals surface area contributed by atoms with Crippen molar-refractivity contribution in [2.75, 3.05) is 11.4 Å². The fraction of sp³-hybridized carbons (Fsp3) is 0.150. The zero-order valence-electron chi connectivity index (χ0n) is 14.5. The van der Waals surface area contributed by atoms with Gasteiger partial charge in [-0.15, -0.1) is 11.3 Å². The average molecular weight is 399 g/mol. The van der Waals surface area contributed by atoms with Gasteiger partial charge in [-0.25, -0.2) is 17.5 Å². The van der Waals surface area contributed by atoms with E-state index in [4.69, 9.17) is 0 Å². The lowest BCUT2D eigenvalue weighted by Gasteiger charge is -2.35. The molecule has 0 aliphatic carbocycles. The largest absolute Gasteiger partial charge is 0.338 e. The minimum Gasteiger partial charge on any atom is -0.287 e. The first-order chi connectivity index (χ1) is 13.1. The quantitative estimate of drug-likeness (QED) is 0.650. The van der Waals surface area contributed by atoms with Crippen molar-refractivity contribution in [2.45, 2.75) is 17.9 Å². The Morgan fingerprint density at radius 3 is 2.15 bits per heavy atom. The molecule has 2 aromatic carbocycles. The maximum atomic E-state index is 13.1. The number of benzene rings is 2. The molecule has 0 atom stereocenters. The van der Waals surface area contributed by atoms with Gasteiger partial charge in [0.05, 0.1) is 12.2 Å². The number of anilines is 1. The second-order valence-electron chi connectivity index (χ2n) is 6.29. The highest BCUT2D eigenvalue weighted by Crippen LogP contribution is 2.38. The molecule has 5 nitrogen and oxygen atoms in total. The molecule has 138 valence electrons. The molecule has 4 rings (SSSR count). The van der Waals surface area contributed by atoms with E-state index >= 15 is 0 Å². The number of thiophene rings is 1. The zero-order valence-corrected chi connectivity index (χ0v) is 16.1. The van der Waals surface area contributed by atoms with E-state index in [1.54, 1.807) is 15.7 Å². The number of urea groups is 1. The van der Waals surface area contributed by atoms with Crippen molar-refractivity contribution < 1.29 is 13.2 Å². The second kappa shape index (κ2) is 7.17. The number of amides is 2. The zero-order chi connectivity index (χ0) is 18.9. The van der Waals surface area contributed by atoms with Crippen molar-refractivity contribution in [3.63, 3.8) is 0 Å². The Kier molecular flexibility index (Phi) is 4.72. The molecule has 1 aliphatic rings. The Hall–Kier alpha value is -2.64. The first-order valence-electron chi connectivity index (χ1n) is 8.55. The van der Waals surface area contributed by atoms with Crippen LogP contribution in [-0.2, 0) is 23.0 Å². The van der Waals surface area contributed by atoms with Gasteiger partial charge in [0, 0.05) is 17.3 Å². The molecule has 0 radical (unpaired) electrons. The molecule has 1 aromatic heterocycles. The van der Waals surface area contributed by atoms with Gasteiger partial charge in [0.15, 0.2) is 0 Å². The third-order valence-corrected chi connectivity index (χ3v) is 7.22. The van der Waals surface area contributed by atoms with Gasteiger partial charge >= 0.3 is 6.03 Å². The van der Waals surface area contributed by atoms with Crippen LogP contribution in [0.4, 0.5) is 10.5 Å². The summed E-state index contributed by atoms with van der Waals surface area (Å²) in [6, 6.07) is 18.6. The van der Waals surface area contributed by atoms with E-state index in [-0.39, 0.29) is 11.4 Å². The van der Waals surface area contributed by atoms with Gasteiger partial charge in [-0.05, 0) is 17.5 Å². The van der Waals surface area contributed by atoms with Crippen molar-refractivity contribution in [1.29, 1.82) is 0 Å². The Morgan fingerprint density at radius 1 is 0.852 bits per heavy atom. The number of hydrogen-bond acceptors (Lipinski definition) is 4. The van der Waals surface area contributed by atoms with Crippen LogP contribution in [0.25, 0.3) is 0 Å². The molecule has 0 fully saturated rings. The Labute approximate surface area is 162 Å². The summed E-state index contributed by atoms with van der Waals surface area (Å²) in [5, 5.41) is 3.33. The summed E-state index contributed by atoms with van der Waals surface area (Å²) in [5.74, 6) is 0. The topological polar surface area (TPSA) is 57.7 Å². The van der Waals surface area contributed by atoms with Crippen LogP contribution < -0.4 is 4.90 Å². The van der Waals surface area contributed by atoms with E-state index < -0.39 is 16.1 Å². The summed E-state index contributed by atoms with van der Waals surface area (Å²) in [5.41, 5.74) is 2.40. The monoisotopic (exact) mass is 398 g/mol. The molecule has 0 saturated heterocycles. The molecule has 2 heterocycles. The summed E-state index contributed by atoms with van der Waals surface area (Å²) >= 11 is 1.29. The minimum absolute atomic E-state index is 0.117. The molecule has 0 N–H and O–H groups in total.